The first-order valence-electron chi connectivity index (χ1n) is 7.76. The lowest BCUT2D eigenvalue weighted by molar-refractivity contribution is -0.386. The molecular formula is C15H15N5O4S2. The summed E-state index contributed by atoms with van der Waals surface area (Å²) in [5, 5.41) is 35.4. The van der Waals surface area contributed by atoms with E-state index in [2.05, 4.69) is 10.2 Å². The highest BCUT2D eigenvalue weighted by atomic mass is 32.2. The molecule has 0 amide bonds. The Labute approximate surface area is 157 Å². The van der Waals surface area contributed by atoms with Gasteiger partial charge in [-0.05, 0) is 23.4 Å². The fourth-order valence-corrected chi connectivity index (χ4v) is 5.10. The first-order valence-corrected chi connectivity index (χ1v) is 9.52. The quantitative estimate of drug-likeness (QED) is 0.618. The average molecular weight is 393 g/mol. The van der Waals surface area contributed by atoms with Gasteiger partial charge in [0.15, 0.2) is 11.6 Å². The molecule has 2 aliphatic heterocycles. The van der Waals surface area contributed by atoms with Crippen LogP contribution in [0.3, 0.4) is 0 Å². The van der Waals surface area contributed by atoms with Gasteiger partial charge in [0.25, 0.3) is 0 Å². The van der Waals surface area contributed by atoms with Crippen LogP contribution in [0, 0.1) is 10.1 Å². The van der Waals surface area contributed by atoms with Crippen LogP contribution in [-0.4, -0.2) is 32.0 Å². The molecule has 0 bridgehead atoms. The number of rotatable bonds is 4. The number of hydrogen-bond acceptors (Lipinski definition) is 9. The zero-order valence-electron chi connectivity index (χ0n) is 14.1. The molecule has 0 aliphatic carbocycles. The maximum absolute atomic E-state index is 11.3. The Morgan fingerprint density at radius 1 is 1.38 bits per heavy atom. The number of phenolic OH excluding ortho intramolecular Hbond substituents is 1. The van der Waals surface area contributed by atoms with Crippen molar-refractivity contribution in [2.45, 2.75) is 30.3 Å². The third-order valence-electron chi connectivity index (χ3n) is 4.09. The Bertz CT molecular complexity index is 942. The normalized spacial score (nSPS) is 18.1. The van der Waals surface area contributed by atoms with E-state index in [0.29, 0.717) is 5.56 Å². The molecule has 3 heterocycles. The van der Waals surface area contributed by atoms with Crippen molar-refractivity contribution in [2.24, 2.45) is 0 Å². The minimum Gasteiger partial charge on any atom is -0.500 e. The summed E-state index contributed by atoms with van der Waals surface area (Å²) >= 11 is 3.04. The lowest BCUT2D eigenvalue weighted by Gasteiger charge is -2.26. The van der Waals surface area contributed by atoms with Crippen LogP contribution in [0.4, 0.5) is 5.69 Å². The van der Waals surface area contributed by atoms with Crippen molar-refractivity contribution < 1.29 is 14.8 Å². The molecule has 0 radical (unpaired) electrons. The second-order valence-corrected chi connectivity index (χ2v) is 7.99. The Morgan fingerprint density at radius 3 is 2.81 bits per heavy atom. The number of thioether (sulfide) groups is 2. The number of nitro groups is 1. The molecule has 1 aromatic carbocycles. The molecule has 1 aromatic heterocycles. The van der Waals surface area contributed by atoms with Gasteiger partial charge in [-0.2, -0.15) is 0 Å². The zero-order chi connectivity index (χ0) is 18.6. The van der Waals surface area contributed by atoms with E-state index >= 15 is 0 Å². The van der Waals surface area contributed by atoms with Crippen LogP contribution in [-0.2, 0) is 0 Å². The van der Waals surface area contributed by atoms with E-state index in [9.17, 15) is 15.2 Å². The Morgan fingerprint density at radius 2 is 2.15 bits per heavy atom. The summed E-state index contributed by atoms with van der Waals surface area (Å²) in [6.07, 6.45) is 0. The monoisotopic (exact) mass is 393 g/mol. The molecule has 136 valence electrons. The molecule has 1 unspecified atom stereocenters. The number of fused-ring (bicyclic) bond motifs is 3. The molecule has 2 aliphatic rings. The highest BCUT2D eigenvalue weighted by molar-refractivity contribution is 8.07. The molecular weight excluding hydrogens is 378 g/mol. The number of hydrogen-bond donors (Lipinski definition) is 1. The first kappa shape index (κ1) is 17.0. The third kappa shape index (κ3) is 2.42. The van der Waals surface area contributed by atoms with Crippen molar-refractivity contribution in [1.29, 1.82) is 0 Å². The second-order valence-electron chi connectivity index (χ2n) is 6.05. The van der Waals surface area contributed by atoms with Crippen LogP contribution in [0.5, 0.6) is 11.5 Å². The van der Waals surface area contributed by atoms with Gasteiger partial charge in [0, 0.05) is 17.4 Å². The SMILES string of the molecule is COc1cc(C2SC=C3Sc4nnc(C(C)C)n4N32)cc([N+](=O)[O-])c1O. The molecule has 1 N–H and O–H groups in total. The largest absolute Gasteiger partial charge is 0.500 e. The predicted molar refractivity (Wildman–Crippen MR) is 97.9 cm³/mol. The van der Waals surface area contributed by atoms with Crippen molar-refractivity contribution in [2.75, 3.05) is 12.1 Å². The lowest BCUT2D eigenvalue weighted by atomic mass is 10.1. The van der Waals surface area contributed by atoms with Gasteiger partial charge >= 0.3 is 5.69 Å². The van der Waals surface area contributed by atoms with Crippen molar-refractivity contribution >= 4 is 29.2 Å². The number of methoxy groups -OCH3 is 1. The summed E-state index contributed by atoms with van der Waals surface area (Å²) in [6, 6.07) is 3.01. The molecule has 1 atom stereocenters. The van der Waals surface area contributed by atoms with Crippen molar-refractivity contribution in [3.63, 3.8) is 0 Å². The maximum Gasteiger partial charge on any atom is 0.315 e. The van der Waals surface area contributed by atoms with Crippen LogP contribution >= 0.6 is 23.5 Å². The van der Waals surface area contributed by atoms with E-state index in [1.54, 1.807) is 6.07 Å². The van der Waals surface area contributed by atoms with E-state index in [0.717, 1.165) is 16.0 Å². The van der Waals surface area contributed by atoms with E-state index in [1.165, 1.54) is 36.7 Å². The Kier molecular flexibility index (Phi) is 3.99. The standard InChI is InChI=1S/C15H15N5O4S2/c1-7(2)13-16-17-15-19(13)18-11(26-15)6-25-14(18)8-4-9(20(22)23)12(21)10(5-8)24-3/h4-7,14,21H,1-3H3. The Hall–Kier alpha value is -2.40. The number of ether oxygens (including phenoxy) is 1. The van der Waals surface area contributed by atoms with Crippen LogP contribution in [0.1, 0.15) is 36.5 Å². The topological polar surface area (TPSA) is 107 Å². The molecule has 2 aromatic rings. The molecule has 0 saturated heterocycles. The first-order chi connectivity index (χ1) is 12.4. The summed E-state index contributed by atoms with van der Waals surface area (Å²) in [5.74, 6) is 0.596. The average Bonchev–Trinajstić information content (AvgIpc) is 3.25. The van der Waals surface area contributed by atoms with Crippen molar-refractivity contribution in [1.82, 2.24) is 14.9 Å². The molecule has 26 heavy (non-hydrogen) atoms. The summed E-state index contributed by atoms with van der Waals surface area (Å²) in [7, 11) is 1.37. The highest BCUT2D eigenvalue weighted by Gasteiger charge is 2.41. The van der Waals surface area contributed by atoms with Gasteiger partial charge < -0.3 is 9.84 Å². The van der Waals surface area contributed by atoms with Crippen LogP contribution in [0.2, 0.25) is 0 Å². The molecule has 11 heteroatoms. The molecule has 0 spiro atoms. The molecule has 4 rings (SSSR count). The Balaban J connectivity index is 1.81. The van der Waals surface area contributed by atoms with E-state index in [1.807, 2.05) is 28.9 Å². The van der Waals surface area contributed by atoms with Crippen molar-refractivity contribution in [3.05, 3.63) is 44.1 Å². The number of aromatic hydroxyl groups is 1. The van der Waals surface area contributed by atoms with Crippen LogP contribution < -0.4 is 9.75 Å². The fourth-order valence-electron chi connectivity index (χ4n) is 2.89. The number of nitro benzene ring substituents is 1. The number of phenols is 1. The minimum atomic E-state index is -0.613. The van der Waals surface area contributed by atoms with Gasteiger partial charge in [-0.15, -0.1) is 10.2 Å². The van der Waals surface area contributed by atoms with E-state index in [-0.39, 0.29) is 22.7 Å². The third-order valence-corrected chi connectivity index (χ3v) is 6.28. The second kappa shape index (κ2) is 6.09. The van der Waals surface area contributed by atoms with Gasteiger partial charge in [-0.25, -0.2) is 4.68 Å². The summed E-state index contributed by atoms with van der Waals surface area (Å²) < 4.78 is 7.08. The fraction of sp³-hybridized carbons (Fsp3) is 0.333. The lowest BCUT2D eigenvalue weighted by Crippen LogP contribution is -2.31. The summed E-state index contributed by atoms with van der Waals surface area (Å²) in [6.45, 7) is 4.08. The zero-order valence-corrected chi connectivity index (χ0v) is 15.7. The van der Waals surface area contributed by atoms with Crippen molar-refractivity contribution in [3.8, 4) is 11.5 Å². The maximum atomic E-state index is 11.3. The smallest absolute Gasteiger partial charge is 0.315 e. The van der Waals surface area contributed by atoms with Gasteiger partial charge in [-0.1, -0.05) is 25.6 Å². The van der Waals surface area contributed by atoms with Gasteiger partial charge in [0.05, 0.1) is 12.0 Å². The number of aromatic nitrogens is 3. The summed E-state index contributed by atoms with van der Waals surface area (Å²) in [5.41, 5.74) is 0.271. The van der Waals surface area contributed by atoms with Gasteiger partial charge in [0.1, 0.15) is 10.4 Å². The molecule has 0 fully saturated rings. The minimum absolute atomic E-state index is 0.0724. The van der Waals surface area contributed by atoms with Crippen LogP contribution in [0.15, 0.2) is 27.7 Å². The number of nitrogens with zero attached hydrogens (tertiary/aromatic N) is 5. The molecule has 0 saturated carbocycles. The molecule has 9 nitrogen and oxygen atoms in total. The van der Waals surface area contributed by atoms with E-state index < -0.39 is 10.7 Å². The predicted octanol–water partition coefficient (Wildman–Crippen LogP) is 3.31. The summed E-state index contributed by atoms with van der Waals surface area (Å²) in [4.78, 5) is 10.7. The number of benzene rings is 1. The van der Waals surface area contributed by atoms with Gasteiger partial charge in [0.2, 0.25) is 10.9 Å². The van der Waals surface area contributed by atoms with Gasteiger partial charge in [-0.3, -0.25) is 15.1 Å². The highest BCUT2D eigenvalue weighted by Crippen LogP contribution is 2.53. The van der Waals surface area contributed by atoms with Crippen LogP contribution in [0.25, 0.3) is 0 Å². The van der Waals surface area contributed by atoms with E-state index in [4.69, 9.17) is 4.74 Å².